The second-order valence-electron chi connectivity index (χ2n) is 10.4. The predicted molar refractivity (Wildman–Crippen MR) is 88.1 cm³/mol. The van der Waals surface area contributed by atoms with Crippen LogP contribution in [0.3, 0.4) is 0 Å². The minimum absolute atomic E-state index is 0.116. The third kappa shape index (κ3) is 1.56. The topological polar surface area (TPSA) is 17.1 Å². The van der Waals surface area contributed by atoms with Gasteiger partial charge in [0.05, 0.1) is 5.41 Å². The molecule has 0 aliphatic heterocycles. The first-order valence-corrected chi connectivity index (χ1v) is 8.62. The van der Waals surface area contributed by atoms with E-state index in [1.54, 1.807) is 0 Å². The van der Waals surface area contributed by atoms with Gasteiger partial charge in [0, 0.05) is 5.57 Å². The van der Waals surface area contributed by atoms with Crippen molar-refractivity contribution in [3.8, 4) is 0 Å². The molecular formula is C20H32O. The molecule has 0 aromatic heterocycles. The second kappa shape index (κ2) is 3.66. The number of carbonyl (C=O) groups excluding carboxylic acids is 1. The molecule has 1 spiro atoms. The molecule has 21 heavy (non-hydrogen) atoms. The highest BCUT2D eigenvalue weighted by atomic mass is 16.1. The van der Waals surface area contributed by atoms with Crippen LogP contribution in [0.4, 0.5) is 0 Å². The van der Waals surface area contributed by atoms with Crippen LogP contribution in [0, 0.1) is 27.1 Å². The van der Waals surface area contributed by atoms with Gasteiger partial charge in [-0.1, -0.05) is 61.0 Å². The molecule has 118 valence electrons. The zero-order chi connectivity index (χ0) is 16.1. The van der Waals surface area contributed by atoms with Crippen molar-refractivity contribution in [3.63, 3.8) is 0 Å². The summed E-state index contributed by atoms with van der Waals surface area (Å²) in [7, 11) is 0. The lowest BCUT2D eigenvalue weighted by Crippen LogP contribution is -2.33. The maximum absolute atomic E-state index is 13.2. The van der Waals surface area contributed by atoms with Gasteiger partial charge in [-0.15, -0.1) is 0 Å². The molecule has 0 saturated heterocycles. The van der Waals surface area contributed by atoms with E-state index < -0.39 is 0 Å². The van der Waals surface area contributed by atoms with Crippen LogP contribution in [0.5, 0.6) is 0 Å². The fraction of sp³-hybridized carbons (Fsp3) is 0.850. The van der Waals surface area contributed by atoms with Gasteiger partial charge in [0.2, 0.25) is 0 Å². The zero-order valence-corrected chi connectivity index (χ0v) is 15.2. The molecule has 1 nitrogen and oxygen atoms in total. The van der Waals surface area contributed by atoms with E-state index >= 15 is 0 Å². The maximum atomic E-state index is 13.2. The molecule has 0 radical (unpaired) electrons. The Balaban J connectivity index is 2.27. The number of hydrogen-bond acceptors (Lipinski definition) is 1. The van der Waals surface area contributed by atoms with Gasteiger partial charge in [-0.3, -0.25) is 4.79 Å². The predicted octanol–water partition coefficient (Wildman–Crippen LogP) is 5.54. The molecule has 3 aliphatic carbocycles. The highest BCUT2D eigenvalue weighted by Gasteiger charge is 2.78. The molecule has 1 heteroatoms. The third-order valence-electron chi connectivity index (χ3n) is 7.26. The van der Waals surface area contributed by atoms with E-state index in [1.807, 2.05) is 0 Å². The summed E-state index contributed by atoms with van der Waals surface area (Å²) in [5.41, 5.74) is 3.16. The fourth-order valence-corrected chi connectivity index (χ4v) is 6.23. The molecule has 0 N–H and O–H groups in total. The van der Waals surface area contributed by atoms with Crippen molar-refractivity contribution < 1.29 is 4.79 Å². The van der Waals surface area contributed by atoms with Crippen molar-refractivity contribution in [3.05, 3.63) is 11.1 Å². The summed E-state index contributed by atoms with van der Waals surface area (Å²) >= 11 is 0. The number of ketones is 1. The highest BCUT2D eigenvalue weighted by molar-refractivity contribution is 6.23. The SMILES string of the molecule is CC1(C)CCC(C)(C)C1=C1C(=O)C12C(C)(C)CCC2(C)C. The van der Waals surface area contributed by atoms with E-state index in [9.17, 15) is 4.79 Å². The van der Waals surface area contributed by atoms with E-state index in [0.717, 1.165) is 0 Å². The van der Waals surface area contributed by atoms with Crippen molar-refractivity contribution in [2.75, 3.05) is 0 Å². The molecule has 3 rings (SSSR count). The monoisotopic (exact) mass is 288 g/mol. The van der Waals surface area contributed by atoms with E-state index in [1.165, 1.54) is 36.8 Å². The van der Waals surface area contributed by atoms with Crippen LogP contribution >= 0.6 is 0 Å². The van der Waals surface area contributed by atoms with Gasteiger partial charge < -0.3 is 0 Å². The molecular weight excluding hydrogens is 256 g/mol. The Kier molecular flexibility index (Phi) is 2.67. The largest absolute Gasteiger partial charge is 0.293 e. The summed E-state index contributed by atoms with van der Waals surface area (Å²) < 4.78 is 0. The first-order chi connectivity index (χ1) is 9.31. The van der Waals surface area contributed by atoms with Gasteiger partial charge in [-0.05, 0) is 47.3 Å². The first kappa shape index (κ1) is 15.3. The molecule has 0 heterocycles. The van der Waals surface area contributed by atoms with E-state index in [2.05, 4.69) is 55.4 Å². The van der Waals surface area contributed by atoms with Crippen molar-refractivity contribution in [2.45, 2.75) is 81.1 Å². The number of allylic oxidation sites excluding steroid dienone is 2. The Labute approximate surface area is 130 Å². The molecule has 0 unspecified atom stereocenters. The zero-order valence-electron chi connectivity index (χ0n) is 15.2. The Hall–Kier alpha value is -0.590. The normalized spacial score (nSPS) is 33.8. The summed E-state index contributed by atoms with van der Waals surface area (Å²) in [5, 5.41) is 0. The van der Waals surface area contributed by atoms with Crippen LogP contribution in [0.25, 0.3) is 0 Å². The third-order valence-corrected chi connectivity index (χ3v) is 7.26. The summed E-state index contributed by atoms with van der Waals surface area (Å²) in [5.74, 6) is 0.480. The molecule has 3 fully saturated rings. The Morgan fingerprint density at radius 1 is 0.667 bits per heavy atom. The lowest BCUT2D eigenvalue weighted by atomic mass is 9.66. The number of hydrogen-bond donors (Lipinski definition) is 0. The lowest BCUT2D eigenvalue weighted by Gasteiger charge is -2.36. The lowest BCUT2D eigenvalue weighted by molar-refractivity contribution is -0.116. The van der Waals surface area contributed by atoms with Crippen LogP contribution in [0.1, 0.15) is 81.1 Å². The fourth-order valence-electron chi connectivity index (χ4n) is 6.23. The first-order valence-electron chi connectivity index (χ1n) is 8.62. The van der Waals surface area contributed by atoms with Crippen LogP contribution in [0.15, 0.2) is 11.1 Å². The van der Waals surface area contributed by atoms with E-state index in [-0.39, 0.29) is 27.1 Å². The van der Waals surface area contributed by atoms with E-state index in [0.29, 0.717) is 5.78 Å². The standard InChI is InChI=1S/C20H32O/c1-16(2)9-10-17(3,4)14(16)13-15(21)20(13)18(5,6)11-12-19(20,7)8/h9-12H2,1-8H3. The molecule has 0 atom stereocenters. The average Bonchev–Trinajstić information content (AvgIpc) is 2.78. The number of rotatable bonds is 0. The Morgan fingerprint density at radius 2 is 1.05 bits per heavy atom. The van der Waals surface area contributed by atoms with Gasteiger partial charge in [0.1, 0.15) is 0 Å². The molecule has 3 aliphatic rings. The van der Waals surface area contributed by atoms with Gasteiger partial charge in [0.15, 0.2) is 5.78 Å². The Bertz CT molecular complexity index is 520. The van der Waals surface area contributed by atoms with Crippen molar-refractivity contribution in [1.82, 2.24) is 0 Å². The molecule has 0 aromatic carbocycles. The van der Waals surface area contributed by atoms with Crippen LogP contribution in [0.2, 0.25) is 0 Å². The second-order valence-corrected chi connectivity index (χ2v) is 10.4. The minimum Gasteiger partial charge on any atom is -0.293 e. The van der Waals surface area contributed by atoms with Gasteiger partial charge in [0.25, 0.3) is 0 Å². The number of carbonyl (C=O) groups is 1. The summed E-state index contributed by atoms with van der Waals surface area (Å²) in [4.78, 5) is 13.2. The molecule has 0 bridgehead atoms. The summed E-state index contributed by atoms with van der Waals surface area (Å²) in [6.07, 6.45) is 4.76. The summed E-state index contributed by atoms with van der Waals surface area (Å²) in [6.45, 7) is 18.7. The van der Waals surface area contributed by atoms with Crippen molar-refractivity contribution >= 4 is 5.78 Å². The van der Waals surface area contributed by atoms with Gasteiger partial charge >= 0.3 is 0 Å². The molecule has 0 aromatic rings. The smallest absolute Gasteiger partial charge is 0.171 e. The Morgan fingerprint density at radius 3 is 1.43 bits per heavy atom. The quantitative estimate of drug-likeness (QED) is 0.534. The van der Waals surface area contributed by atoms with Gasteiger partial charge in [-0.25, -0.2) is 0 Å². The molecule has 3 saturated carbocycles. The minimum atomic E-state index is -0.172. The van der Waals surface area contributed by atoms with Gasteiger partial charge in [-0.2, -0.15) is 0 Å². The van der Waals surface area contributed by atoms with E-state index in [4.69, 9.17) is 0 Å². The van der Waals surface area contributed by atoms with Crippen LogP contribution in [-0.4, -0.2) is 5.78 Å². The van der Waals surface area contributed by atoms with Crippen LogP contribution in [-0.2, 0) is 4.79 Å². The summed E-state index contributed by atoms with van der Waals surface area (Å²) in [6, 6.07) is 0. The number of Topliss-reactive ketones (excluding diaryl/α,β-unsaturated/α-hetero) is 1. The van der Waals surface area contributed by atoms with Crippen molar-refractivity contribution in [2.24, 2.45) is 27.1 Å². The maximum Gasteiger partial charge on any atom is 0.171 e. The highest BCUT2D eigenvalue weighted by Crippen LogP contribution is 2.78. The average molecular weight is 288 g/mol. The van der Waals surface area contributed by atoms with Crippen LogP contribution < -0.4 is 0 Å². The van der Waals surface area contributed by atoms with Crippen molar-refractivity contribution in [1.29, 1.82) is 0 Å². The molecule has 0 amide bonds.